The molecule has 11 nitrogen and oxygen atoms in total. The number of methoxy groups -OCH3 is 2. The van der Waals surface area contributed by atoms with E-state index in [0.717, 1.165) is 17.6 Å². The lowest BCUT2D eigenvalue weighted by Crippen LogP contribution is -2.28. The number of fused-ring (bicyclic) bond motifs is 5. The van der Waals surface area contributed by atoms with Gasteiger partial charge >= 0.3 is 0 Å². The van der Waals surface area contributed by atoms with Gasteiger partial charge in [0.1, 0.15) is 6.20 Å². The minimum Gasteiger partial charge on any atom is -0.493 e. The van der Waals surface area contributed by atoms with Crippen LogP contribution in [0.4, 0.5) is 5.69 Å². The van der Waals surface area contributed by atoms with Crippen LogP contribution in [0.2, 0.25) is 0 Å². The summed E-state index contributed by atoms with van der Waals surface area (Å²) in [5.41, 5.74) is 0.341. The zero-order valence-corrected chi connectivity index (χ0v) is 18.3. The summed E-state index contributed by atoms with van der Waals surface area (Å²) in [5, 5.41) is 16.0. The van der Waals surface area contributed by atoms with Crippen LogP contribution in [0.15, 0.2) is 47.7 Å². The van der Waals surface area contributed by atoms with E-state index in [-0.39, 0.29) is 64.3 Å². The molecule has 1 saturated carbocycles. The third-order valence-corrected chi connectivity index (χ3v) is 6.39. The maximum Gasteiger partial charge on any atom is 0.287 e. The van der Waals surface area contributed by atoms with E-state index in [1.807, 2.05) is 12.2 Å². The summed E-state index contributed by atoms with van der Waals surface area (Å²) < 4.78 is 16.6. The second kappa shape index (κ2) is 8.25. The lowest BCUT2D eigenvalue weighted by atomic mass is 9.85. The van der Waals surface area contributed by atoms with Crippen molar-refractivity contribution in [2.75, 3.05) is 14.2 Å². The Balaban J connectivity index is 1.39. The van der Waals surface area contributed by atoms with Crippen molar-refractivity contribution in [1.82, 2.24) is 9.99 Å². The standard InChI is InChI=1S/C23H20N4O7/c1-32-16-7-12(8-17(33-2)21(16)34-18-6-5-15(11-24-18)27(30)31)10-25-26-22(28)19-13-3-4-14(9-13)20(19)23(26)29/h3-8,10-11,13-14,19-20H,9H2,1-2H3/t13-,14-,19-,20+/m0/s1. The van der Waals surface area contributed by atoms with E-state index in [4.69, 9.17) is 14.2 Å². The lowest BCUT2D eigenvalue weighted by molar-refractivity contribution is -0.385. The predicted molar refractivity (Wildman–Crippen MR) is 118 cm³/mol. The van der Waals surface area contributed by atoms with Crippen LogP contribution in [0.1, 0.15) is 12.0 Å². The third kappa shape index (κ3) is 3.45. The van der Waals surface area contributed by atoms with Crippen LogP contribution >= 0.6 is 0 Å². The van der Waals surface area contributed by atoms with E-state index >= 15 is 0 Å². The summed E-state index contributed by atoms with van der Waals surface area (Å²) in [6.45, 7) is 0. The summed E-state index contributed by atoms with van der Waals surface area (Å²) >= 11 is 0. The van der Waals surface area contributed by atoms with E-state index < -0.39 is 4.92 Å². The smallest absolute Gasteiger partial charge is 0.287 e. The Kier molecular flexibility index (Phi) is 5.23. The van der Waals surface area contributed by atoms with Gasteiger partial charge in [0.05, 0.1) is 37.2 Å². The number of amides is 2. The van der Waals surface area contributed by atoms with Crippen molar-refractivity contribution >= 4 is 23.7 Å². The van der Waals surface area contributed by atoms with E-state index in [2.05, 4.69) is 10.1 Å². The highest BCUT2D eigenvalue weighted by Crippen LogP contribution is 2.52. The number of allylic oxidation sites excluding steroid dienone is 2. The number of carbonyl (C=O) groups excluding carboxylic acids is 2. The molecular formula is C23H20N4O7. The molecule has 0 radical (unpaired) electrons. The monoisotopic (exact) mass is 464 g/mol. The maximum absolute atomic E-state index is 12.8. The van der Waals surface area contributed by atoms with Crippen molar-refractivity contribution in [3.8, 4) is 23.1 Å². The van der Waals surface area contributed by atoms with E-state index in [1.165, 1.54) is 32.6 Å². The second-order valence-electron chi connectivity index (χ2n) is 8.20. The zero-order chi connectivity index (χ0) is 24.0. The van der Waals surface area contributed by atoms with Gasteiger partial charge in [-0.1, -0.05) is 12.2 Å². The van der Waals surface area contributed by atoms with Crippen molar-refractivity contribution in [2.45, 2.75) is 6.42 Å². The molecule has 1 aromatic heterocycles. The SMILES string of the molecule is COc1cc(C=NN2C(=O)[C@@H]3[C@H](C2=O)[C@H]2C=C[C@H]3C2)cc(OC)c1Oc1ccc([N+](=O)[O-])cn1. The summed E-state index contributed by atoms with van der Waals surface area (Å²) in [7, 11) is 2.87. The molecule has 1 aromatic carbocycles. The molecule has 2 amide bonds. The number of nitro groups is 1. The first-order valence-electron chi connectivity index (χ1n) is 10.6. The number of rotatable bonds is 7. The van der Waals surface area contributed by atoms with Gasteiger partial charge in [-0.3, -0.25) is 19.7 Å². The van der Waals surface area contributed by atoms with Crippen LogP contribution in [0.25, 0.3) is 0 Å². The van der Waals surface area contributed by atoms with Gasteiger partial charge < -0.3 is 14.2 Å². The second-order valence-corrected chi connectivity index (χ2v) is 8.20. The fourth-order valence-corrected chi connectivity index (χ4v) is 4.85. The highest BCUT2D eigenvalue weighted by molar-refractivity contribution is 6.06. The summed E-state index contributed by atoms with van der Waals surface area (Å²) in [4.78, 5) is 39.8. The first-order valence-corrected chi connectivity index (χ1v) is 10.6. The van der Waals surface area contributed by atoms with Gasteiger partial charge in [0.25, 0.3) is 17.5 Å². The number of hydrogen-bond acceptors (Lipinski definition) is 9. The van der Waals surface area contributed by atoms with Crippen LogP contribution in [0, 0.1) is 33.8 Å². The Morgan fingerprint density at radius 3 is 2.21 bits per heavy atom. The van der Waals surface area contributed by atoms with Crippen molar-refractivity contribution < 1.29 is 28.7 Å². The maximum atomic E-state index is 12.8. The van der Waals surface area contributed by atoms with Gasteiger partial charge in [0.15, 0.2) is 11.5 Å². The highest BCUT2D eigenvalue weighted by atomic mass is 16.6. The van der Waals surface area contributed by atoms with Gasteiger partial charge in [-0.2, -0.15) is 10.1 Å². The first-order chi connectivity index (χ1) is 16.4. The van der Waals surface area contributed by atoms with Gasteiger partial charge in [0.2, 0.25) is 11.6 Å². The van der Waals surface area contributed by atoms with Gasteiger partial charge in [-0.05, 0) is 30.4 Å². The van der Waals surface area contributed by atoms with Gasteiger partial charge in [0, 0.05) is 17.7 Å². The molecule has 0 unspecified atom stereocenters. The van der Waals surface area contributed by atoms with Crippen molar-refractivity contribution in [3.05, 3.63) is 58.3 Å². The molecule has 174 valence electrons. The number of hydrazone groups is 1. The molecule has 4 atom stereocenters. The summed E-state index contributed by atoms with van der Waals surface area (Å²) in [6.07, 6.45) is 7.38. The Hall–Kier alpha value is -4.28. The summed E-state index contributed by atoms with van der Waals surface area (Å²) in [6, 6.07) is 5.83. The minimum absolute atomic E-state index is 0.103. The lowest BCUT2D eigenvalue weighted by Gasteiger charge is -2.15. The number of benzene rings is 1. The number of pyridine rings is 1. The van der Waals surface area contributed by atoms with Crippen LogP contribution in [0.3, 0.4) is 0 Å². The van der Waals surface area contributed by atoms with Crippen LogP contribution in [0.5, 0.6) is 23.1 Å². The number of carbonyl (C=O) groups is 2. The number of hydrogen-bond donors (Lipinski definition) is 0. The molecule has 2 heterocycles. The number of ether oxygens (including phenoxy) is 3. The molecule has 2 aromatic rings. The van der Waals surface area contributed by atoms with Crippen molar-refractivity contribution in [3.63, 3.8) is 0 Å². The minimum atomic E-state index is -0.559. The summed E-state index contributed by atoms with van der Waals surface area (Å²) in [5.74, 6) is -0.119. The molecule has 2 aliphatic carbocycles. The average Bonchev–Trinajstić information content (AvgIpc) is 3.52. The largest absolute Gasteiger partial charge is 0.493 e. The number of aromatic nitrogens is 1. The Morgan fingerprint density at radius 2 is 1.71 bits per heavy atom. The molecule has 5 rings (SSSR count). The number of nitrogens with zero attached hydrogens (tertiary/aromatic N) is 4. The predicted octanol–water partition coefficient (Wildman–Crippen LogP) is 2.94. The Labute approximate surface area is 193 Å². The van der Waals surface area contributed by atoms with Gasteiger partial charge in [-0.15, -0.1) is 0 Å². The fourth-order valence-electron chi connectivity index (χ4n) is 4.85. The molecule has 34 heavy (non-hydrogen) atoms. The quantitative estimate of drug-likeness (QED) is 0.201. The Bertz CT molecular complexity index is 1190. The molecule has 3 aliphatic rings. The molecule has 2 fully saturated rings. The Morgan fingerprint density at radius 1 is 1.09 bits per heavy atom. The van der Waals surface area contributed by atoms with Crippen LogP contribution in [-0.4, -0.2) is 47.2 Å². The van der Waals surface area contributed by atoms with Crippen LogP contribution < -0.4 is 14.2 Å². The highest BCUT2D eigenvalue weighted by Gasteiger charge is 2.59. The van der Waals surface area contributed by atoms with Gasteiger partial charge in [-0.25, -0.2) is 4.98 Å². The molecular weight excluding hydrogens is 444 g/mol. The topological polar surface area (TPSA) is 133 Å². The molecule has 11 heteroatoms. The van der Waals surface area contributed by atoms with E-state index in [9.17, 15) is 19.7 Å². The molecule has 1 saturated heterocycles. The third-order valence-electron chi connectivity index (χ3n) is 6.39. The first kappa shape index (κ1) is 21.6. The molecule has 1 aliphatic heterocycles. The van der Waals surface area contributed by atoms with E-state index in [0.29, 0.717) is 5.56 Å². The molecule has 0 N–H and O–H groups in total. The zero-order valence-electron chi connectivity index (χ0n) is 18.3. The average molecular weight is 464 g/mol. The van der Waals surface area contributed by atoms with E-state index in [1.54, 1.807) is 12.1 Å². The molecule has 0 spiro atoms. The fraction of sp³-hybridized carbons (Fsp3) is 0.304. The number of imide groups is 1. The van der Waals surface area contributed by atoms with Crippen molar-refractivity contribution in [1.29, 1.82) is 0 Å². The van der Waals surface area contributed by atoms with Crippen molar-refractivity contribution in [2.24, 2.45) is 28.8 Å². The van der Waals surface area contributed by atoms with Crippen LogP contribution in [-0.2, 0) is 9.59 Å². The molecule has 2 bridgehead atoms. The normalized spacial score (nSPS) is 24.7.